The molecule has 1 aromatic carbocycles. The molecule has 0 saturated heterocycles. The van der Waals surface area contributed by atoms with Crippen LogP contribution in [0.15, 0.2) is 24.4 Å². The smallest absolute Gasteiger partial charge is 0.00564 e. The van der Waals surface area contributed by atoms with E-state index in [-0.39, 0.29) is 0 Å². The molecule has 0 radical (unpaired) electrons. The van der Waals surface area contributed by atoms with E-state index in [0.29, 0.717) is 0 Å². The molecule has 0 saturated carbocycles. The molecule has 0 amide bonds. The summed E-state index contributed by atoms with van der Waals surface area (Å²) in [5.74, 6) is 0. The van der Waals surface area contributed by atoms with Crippen molar-refractivity contribution in [2.24, 2.45) is 5.73 Å². The first-order valence-electron chi connectivity index (χ1n) is 3.69. The average molecular weight is 147 g/mol. The molecule has 0 heterocycles. The second-order valence-corrected chi connectivity index (χ2v) is 2.78. The van der Waals surface area contributed by atoms with Gasteiger partial charge in [0, 0.05) is 0 Å². The van der Waals surface area contributed by atoms with Gasteiger partial charge in [-0.3, -0.25) is 0 Å². The van der Waals surface area contributed by atoms with Crippen LogP contribution in [0.4, 0.5) is 0 Å². The fourth-order valence-corrected chi connectivity index (χ4v) is 1.22. The molecular weight excluding hydrogens is 134 g/mol. The van der Waals surface area contributed by atoms with E-state index in [9.17, 15) is 0 Å². The van der Waals surface area contributed by atoms with E-state index in [1.165, 1.54) is 16.7 Å². The molecule has 1 aromatic rings. The van der Waals surface area contributed by atoms with E-state index >= 15 is 0 Å². The zero-order valence-corrected chi connectivity index (χ0v) is 6.96. The molecular formula is C10H13N. The predicted molar refractivity (Wildman–Crippen MR) is 49.1 cm³/mol. The van der Waals surface area contributed by atoms with E-state index in [0.717, 1.165) is 0 Å². The topological polar surface area (TPSA) is 26.0 Å². The van der Waals surface area contributed by atoms with Crippen molar-refractivity contribution in [3.8, 4) is 0 Å². The van der Waals surface area contributed by atoms with Gasteiger partial charge >= 0.3 is 0 Å². The zero-order valence-electron chi connectivity index (χ0n) is 6.96. The average Bonchev–Trinajstić information content (AvgIpc) is 1.85. The number of benzene rings is 1. The van der Waals surface area contributed by atoms with Crippen LogP contribution in [0, 0.1) is 13.8 Å². The Hall–Kier alpha value is -1.24. The lowest BCUT2D eigenvalue weighted by molar-refractivity contribution is 1.37. The minimum atomic E-state index is 1.17. The molecule has 0 aliphatic rings. The summed E-state index contributed by atoms with van der Waals surface area (Å²) >= 11 is 0. The SMILES string of the molecule is Cc1cc(C)cc(C=CN)c1. The van der Waals surface area contributed by atoms with Crippen molar-refractivity contribution in [1.29, 1.82) is 0 Å². The molecule has 2 N–H and O–H groups in total. The van der Waals surface area contributed by atoms with Crippen molar-refractivity contribution < 1.29 is 0 Å². The van der Waals surface area contributed by atoms with Crippen LogP contribution in [0.5, 0.6) is 0 Å². The van der Waals surface area contributed by atoms with E-state index in [1.807, 2.05) is 6.08 Å². The summed E-state index contributed by atoms with van der Waals surface area (Å²) in [6.45, 7) is 4.17. The summed E-state index contributed by atoms with van der Waals surface area (Å²) < 4.78 is 0. The summed E-state index contributed by atoms with van der Waals surface area (Å²) in [5.41, 5.74) is 9.00. The quantitative estimate of drug-likeness (QED) is 0.647. The molecule has 58 valence electrons. The number of aryl methyl sites for hydroxylation is 2. The van der Waals surface area contributed by atoms with Crippen LogP contribution in [0.3, 0.4) is 0 Å². The second-order valence-electron chi connectivity index (χ2n) is 2.78. The van der Waals surface area contributed by atoms with Crippen LogP contribution in [0.25, 0.3) is 6.08 Å². The minimum Gasteiger partial charge on any atom is -0.405 e. The Balaban J connectivity index is 3.08. The van der Waals surface area contributed by atoms with Crippen molar-refractivity contribution in [3.05, 3.63) is 41.1 Å². The fourth-order valence-electron chi connectivity index (χ4n) is 1.22. The Bertz CT molecular complexity index is 254. The van der Waals surface area contributed by atoms with Crippen LogP contribution in [0.2, 0.25) is 0 Å². The Labute approximate surface area is 67.5 Å². The Morgan fingerprint density at radius 3 is 2.09 bits per heavy atom. The van der Waals surface area contributed by atoms with Crippen LogP contribution in [-0.2, 0) is 0 Å². The maximum Gasteiger partial charge on any atom is -0.00564 e. The highest BCUT2D eigenvalue weighted by molar-refractivity contribution is 5.51. The summed E-state index contributed by atoms with van der Waals surface area (Å²) in [7, 11) is 0. The third-order valence-electron chi connectivity index (χ3n) is 1.53. The van der Waals surface area contributed by atoms with Crippen molar-refractivity contribution in [1.82, 2.24) is 0 Å². The van der Waals surface area contributed by atoms with E-state index in [4.69, 9.17) is 5.73 Å². The van der Waals surface area contributed by atoms with Gasteiger partial charge in [-0.1, -0.05) is 29.3 Å². The van der Waals surface area contributed by atoms with Crippen molar-refractivity contribution in [2.45, 2.75) is 13.8 Å². The summed E-state index contributed by atoms with van der Waals surface area (Å²) in [5, 5.41) is 0. The molecule has 0 unspecified atom stereocenters. The van der Waals surface area contributed by atoms with Crippen LogP contribution < -0.4 is 5.73 Å². The van der Waals surface area contributed by atoms with Crippen LogP contribution in [0.1, 0.15) is 16.7 Å². The number of hydrogen-bond donors (Lipinski definition) is 1. The van der Waals surface area contributed by atoms with Gasteiger partial charge in [0.05, 0.1) is 0 Å². The monoisotopic (exact) mass is 147 g/mol. The second kappa shape index (κ2) is 3.24. The number of nitrogens with two attached hydrogens (primary N) is 1. The first kappa shape index (κ1) is 7.86. The van der Waals surface area contributed by atoms with Gasteiger partial charge in [0.1, 0.15) is 0 Å². The van der Waals surface area contributed by atoms with E-state index < -0.39 is 0 Å². The van der Waals surface area contributed by atoms with Gasteiger partial charge in [-0.15, -0.1) is 0 Å². The number of hydrogen-bond acceptors (Lipinski definition) is 1. The molecule has 0 aliphatic carbocycles. The first-order chi connectivity index (χ1) is 5.22. The van der Waals surface area contributed by atoms with Gasteiger partial charge in [0.15, 0.2) is 0 Å². The molecule has 0 bridgehead atoms. The molecule has 1 rings (SSSR count). The van der Waals surface area contributed by atoms with Crippen molar-refractivity contribution >= 4 is 6.08 Å². The lowest BCUT2D eigenvalue weighted by Crippen LogP contribution is -1.81. The normalized spacial score (nSPS) is 10.7. The van der Waals surface area contributed by atoms with Gasteiger partial charge in [0.2, 0.25) is 0 Å². The highest BCUT2D eigenvalue weighted by Gasteiger charge is 1.90. The minimum absolute atomic E-state index is 1.17. The van der Waals surface area contributed by atoms with Crippen LogP contribution in [-0.4, -0.2) is 0 Å². The molecule has 0 aromatic heterocycles. The first-order valence-corrected chi connectivity index (χ1v) is 3.69. The summed E-state index contributed by atoms with van der Waals surface area (Å²) in [6.07, 6.45) is 3.47. The molecule has 1 nitrogen and oxygen atoms in total. The maximum absolute atomic E-state index is 5.28. The van der Waals surface area contributed by atoms with Crippen molar-refractivity contribution in [2.75, 3.05) is 0 Å². The van der Waals surface area contributed by atoms with Gasteiger partial charge in [-0.05, 0) is 31.7 Å². The zero-order chi connectivity index (χ0) is 8.27. The summed E-state index contributed by atoms with van der Waals surface area (Å²) in [4.78, 5) is 0. The molecule has 11 heavy (non-hydrogen) atoms. The number of rotatable bonds is 1. The maximum atomic E-state index is 5.28. The third kappa shape index (κ3) is 2.11. The van der Waals surface area contributed by atoms with E-state index in [1.54, 1.807) is 6.20 Å². The van der Waals surface area contributed by atoms with Gasteiger partial charge < -0.3 is 5.73 Å². The Morgan fingerprint density at radius 1 is 1.09 bits per heavy atom. The molecule has 0 aliphatic heterocycles. The van der Waals surface area contributed by atoms with Crippen molar-refractivity contribution in [3.63, 3.8) is 0 Å². The van der Waals surface area contributed by atoms with Gasteiger partial charge in [-0.2, -0.15) is 0 Å². The van der Waals surface area contributed by atoms with Gasteiger partial charge in [0.25, 0.3) is 0 Å². The molecule has 0 atom stereocenters. The lowest BCUT2D eigenvalue weighted by atomic mass is 10.1. The Kier molecular flexibility index (Phi) is 2.32. The molecule has 0 fully saturated rings. The molecule has 1 heteroatoms. The third-order valence-corrected chi connectivity index (χ3v) is 1.53. The van der Waals surface area contributed by atoms with Gasteiger partial charge in [-0.25, -0.2) is 0 Å². The summed E-state index contributed by atoms with van der Waals surface area (Å²) in [6, 6.07) is 6.36. The molecule has 0 spiro atoms. The van der Waals surface area contributed by atoms with Crippen LogP contribution >= 0.6 is 0 Å². The lowest BCUT2D eigenvalue weighted by Gasteiger charge is -1.98. The fraction of sp³-hybridized carbons (Fsp3) is 0.200. The standard InChI is InChI=1S/C10H13N/c1-8-5-9(2)7-10(6-8)3-4-11/h3-7H,11H2,1-2H3. The van der Waals surface area contributed by atoms with E-state index in [2.05, 4.69) is 32.0 Å². The highest BCUT2D eigenvalue weighted by Crippen LogP contribution is 2.09. The predicted octanol–water partition coefficient (Wildman–Crippen LogP) is 2.23. The Morgan fingerprint density at radius 2 is 1.64 bits per heavy atom. The largest absolute Gasteiger partial charge is 0.405 e. The highest BCUT2D eigenvalue weighted by atomic mass is 14.5.